The highest BCUT2D eigenvalue weighted by atomic mass is 16.2. The van der Waals surface area contributed by atoms with Crippen LogP contribution in [-0.4, -0.2) is 60.5 Å². The third-order valence-electron chi connectivity index (χ3n) is 6.05. The molecule has 3 fully saturated rings. The number of rotatable bonds is 5. The van der Waals surface area contributed by atoms with Gasteiger partial charge in [-0.05, 0) is 45.6 Å². The largest absolute Gasteiger partial charge is 0.352 e. The zero-order valence-electron chi connectivity index (χ0n) is 14.9. The van der Waals surface area contributed by atoms with Crippen LogP contribution < -0.4 is 5.32 Å². The van der Waals surface area contributed by atoms with Crippen LogP contribution >= 0.6 is 0 Å². The highest BCUT2D eigenvalue weighted by Gasteiger charge is 2.32. The van der Waals surface area contributed by atoms with Crippen molar-refractivity contribution < 1.29 is 4.79 Å². The second kappa shape index (κ2) is 8.48. The van der Waals surface area contributed by atoms with Crippen LogP contribution in [-0.2, 0) is 4.79 Å². The minimum Gasteiger partial charge on any atom is -0.352 e. The molecule has 23 heavy (non-hydrogen) atoms. The number of piperidine rings is 1. The summed E-state index contributed by atoms with van der Waals surface area (Å²) < 4.78 is 0. The predicted octanol–water partition coefficient (Wildman–Crippen LogP) is 2.77. The highest BCUT2D eigenvalue weighted by molar-refractivity contribution is 5.78. The predicted molar refractivity (Wildman–Crippen MR) is 94.5 cm³/mol. The SMILES string of the molecule is CN(CC(=O)NC1CCN(C2CC2)CC1)C1CCCCCCC1. The molecule has 0 aromatic carbocycles. The summed E-state index contributed by atoms with van der Waals surface area (Å²) in [4.78, 5) is 17.3. The number of likely N-dealkylation sites (tertiary alicyclic amines) is 1. The Labute approximate surface area is 142 Å². The van der Waals surface area contributed by atoms with Gasteiger partial charge in [0.1, 0.15) is 0 Å². The number of carbonyl (C=O) groups excluding carboxylic acids is 1. The maximum Gasteiger partial charge on any atom is 0.234 e. The fourth-order valence-electron chi connectivity index (χ4n) is 4.35. The fraction of sp³-hybridized carbons (Fsp3) is 0.947. The fourth-order valence-corrected chi connectivity index (χ4v) is 4.35. The van der Waals surface area contributed by atoms with Gasteiger partial charge >= 0.3 is 0 Å². The number of nitrogens with one attached hydrogen (secondary N) is 1. The molecule has 0 atom stereocenters. The minimum absolute atomic E-state index is 0.236. The molecule has 1 saturated heterocycles. The molecular formula is C19H35N3O. The van der Waals surface area contributed by atoms with Gasteiger partial charge in [-0.15, -0.1) is 0 Å². The molecule has 0 unspecified atom stereocenters. The van der Waals surface area contributed by atoms with E-state index in [9.17, 15) is 4.79 Å². The highest BCUT2D eigenvalue weighted by Crippen LogP contribution is 2.29. The topological polar surface area (TPSA) is 35.6 Å². The Balaban J connectivity index is 1.36. The summed E-state index contributed by atoms with van der Waals surface area (Å²) >= 11 is 0. The molecule has 3 aliphatic rings. The summed E-state index contributed by atoms with van der Waals surface area (Å²) in [7, 11) is 2.14. The molecule has 2 aliphatic carbocycles. The van der Waals surface area contributed by atoms with E-state index in [4.69, 9.17) is 0 Å². The average molecular weight is 322 g/mol. The van der Waals surface area contributed by atoms with Crippen molar-refractivity contribution in [2.45, 2.75) is 88.8 Å². The van der Waals surface area contributed by atoms with Crippen molar-refractivity contribution in [1.82, 2.24) is 15.1 Å². The first-order valence-corrected chi connectivity index (χ1v) is 9.96. The van der Waals surface area contributed by atoms with Gasteiger partial charge in [0.15, 0.2) is 0 Å². The van der Waals surface area contributed by atoms with Crippen LogP contribution in [0.15, 0.2) is 0 Å². The van der Waals surface area contributed by atoms with Crippen molar-refractivity contribution in [2.75, 3.05) is 26.7 Å². The van der Waals surface area contributed by atoms with Crippen LogP contribution in [0.25, 0.3) is 0 Å². The zero-order chi connectivity index (χ0) is 16.1. The summed E-state index contributed by atoms with van der Waals surface area (Å²) in [6, 6.07) is 1.89. The molecule has 0 bridgehead atoms. The number of amides is 1. The van der Waals surface area contributed by atoms with Gasteiger partial charge in [0.25, 0.3) is 0 Å². The number of hydrogen-bond acceptors (Lipinski definition) is 3. The van der Waals surface area contributed by atoms with E-state index in [0.717, 1.165) is 18.9 Å². The zero-order valence-corrected chi connectivity index (χ0v) is 14.9. The minimum atomic E-state index is 0.236. The first-order chi connectivity index (χ1) is 11.2. The molecule has 3 rings (SSSR count). The molecule has 0 spiro atoms. The van der Waals surface area contributed by atoms with Gasteiger partial charge in [0, 0.05) is 31.2 Å². The van der Waals surface area contributed by atoms with E-state index in [1.165, 1.54) is 70.9 Å². The van der Waals surface area contributed by atoms with Crippen LogP contribution in [0.2, 0.25) is 0 Å². The maximum absolute atomic E-state index is 12.4. The van der Waals surface area contributed by atoms with Crippen molar-refractivity contribution >= 4 is 5.91 Å². The molecule has 1 N–H and O–H groups in total. The van der Waals surface area contributed by atoms with Gasteiger partial charge in [-0.25, -0.2) is 0 Å². The first-order valence-electron chi connectivity index (χ1n) is 9.96. The molecule has 0 aromatic heterocycles. The van der Waals surface area contributed by atoms with Crippen LogP contribution in [0.3, 0.4) is 0 Å². The monoisotopic (exact) mass is 321 g/mol. The van der Waals surface area contributed by atoms with Gasteiger partial charge in [-0.3, -0.25) is 9.69 Å². The summed E-state index contributed by atoms with van der Waals surface area (Å²) in [6.45, 7) is 2.93. The number of likely N-dealkylation sites (N-methyl/N-ethyl adjacent to an activating group) is 1. The molecule has 2 saturated carbocycles. The number of nitrogens with zero attached hydrogens (tertiary/aromatic N) is 2. The third-order valence-corrected chi connectivity index (χ3v) is 6.05. The molecule has 0 radical (unpaired) electrons. The lowest BCUT2D eigenvalue weighted by atomic mass is 9.96. The lowest BCUT2D eigenvalue weighted by molar-refractivity contribution is -0.123. The quantitative estimate of drug-likeness (QED) is 0.846. The molecule has 132 valence electrons. The van der Waals surface area contributed by atoms with Gasteiger partial charge in [-0.2, -0.15) is 0 Å². The van der Waals surface area contributed by atoms with Crippen molar-refractivity contribution in [3.63, 3.8) is 0 Å². The molecule has 1 aliphatic heterocycles. The first kappa shape index (κ1) is 17.2. The normalized spacial score (nSPS) is 26.0. The molecule has 4 nitrogen and oxygen atoms in total. The maximum atomic E-state index is 12.4. The Morgan fingerprint density at radius 1 is 0.957 bits per heavy atom. The van der Waals surface area contributed by atoms with E-state index in [1.54, 1.807) is 0 Å². The van der Waals surface area contributed by atoms with Crippen LogP contribution in [0.5, 0.6) is 0 Å². The lowest BCUT2D eigenvalue weighted by Crippen LogP contribution is -2.48. The van der Waals surface area contributed by atoms with Gasteiger partial charge < -0.3 is 10.2 Å². The van der Waals surface area contributed by atoms with Crippen molar-refractivity contribution in [3.05, 3.63) is 0 Å². The Morgan fingerprint density at radius 3 is 2.17 bits per heavy atom. The summed E-state index contributed by atoms with van der Waals surface area (Å²) in [5, 5.41) is 3.29. The van der Waals surface area contributed by atoms with Crippen molar-refractivity contribution in [1.29, 1.82) is 0 Å². The van der Waals surface area contributed by atoms with Crippen molar-refractivity contribution in [3.8, 4) is 0 Å². The molecule has 1 amide bonds. The van der Waals surface area contributed by atoms with Crippen LogP contribution in [0.1, 0.15) is 70.6 Å². The Kier molecular flexibility index (Phi) is 6.35. The Bertz CT molecular complexity index is 367. The summed E-state index contributed by atoms with van der Waals surface area (Å²) in [5.41, 5.74) is 0. The number of carbonyl (C=O) groups is 1. The Morgan fingerprint density at radius 2 is 1.57 bits per heavy atom. The van der Waals surface area contributed by atoms with E-state index in [0.29, 0.717) is 18.6 Å². The molecular weight excluding hydrogens is 286 g/mol. The van der Waals surface area contributed by atoms with E-state index >= 15 is 0 Å². The van der Waals surface area contributed by atoms with E-state index in [-0.39, 0.29) is 5.91 Å². The second-order valence-electron chi connectivity index (χ2n) is 8.02. The smallest absolute Gasteiger partial charge is 0.234 e. The van der Waals surface area contributed by atoms with Crippen LogP contribution in [0.4, 0.5) is 0 Å². The molecule has 1 heterocycles. The second-order valence-corrected chi connectivity index (χ2v) is 8.02. The van der Waals surface area contributed by atoms with Crippen LogP contribution in [0, 0.1) is 0 Å². The standard InChI is InChI=1S/C19H35N3O/c1-21(17-7-5-3-2-4-6-8-17)15-19(23)20-16-11-13-22(14-12-16)18-9-10-18/h16-18H,2-15H2,1H3,(H,20,23). The summed E-state index contributed by atoms with van der Waals surface area (Å²) in [6.07, 6.45) is 14.4. The molecule has 4 heteroatoms. The number of hydrogen-bond donors (Lipinski definition) is 1. The summed E-state index contributed by atoms with van der Waals surface area (Å²) in [5.74, 6) is 0.236. The van der Waals surface area contributed by atoms with Gasteiger partial charge in [-0.1, -0.05) is 32.1 Å². The Hall–Kier alpha value is -0.610. The van der Waals surface area contributed by atoms with Gasteiger partial charge in [0.05, 0.1) is 6.54 Å². The average Bonchev–Trinajstić information content (AvgIpc) is 3.32. The van der Waals surface area contributed by atoms with E-state index in [2.05, 4.69) is 22.2 Å². The van der Waals surface area contributed by atoms with Gasteiger partial charge in [0.2, 0.25) is 5.91 Å². The van der Waals surface area contributed by atoms with E-state index < -0.39 is 0 Å². The van der Waals surface area contributed by atoms with Crippen molar-refractivity contribution in [2.24, 2.45) is 0 Å². The third kappa shape index (κ3) is 5.46. The molecule has 0 aromatic rings. The lowest BCUT2D eigenvalue weighted by Gasteiger charge is -2.33. The van der Waals surface area contributed by atoms with E-state index in [1.807, 2.05) is 0 Å².